The summed E-state index contributed by atoms with van der Waals surface area (Å²) in [5, 5.41) is 6.30. The third-order valence-electron chi connectivity index (χ3n) is 2.46. The van der Waals surface area contributed by atoms with E-state index in [-0.39, 0.29) is 5.76 Å². The molecule has 112 valence electrons. The number of amides is 1. The molecule has 0 saturated heterocycles. The molecule has 0 saturated carbocycles. The Morgan fingerprint density at radius 1 is 1.45 bits per heavy atom. The molecule has 0 aliphatic rings. The van der Waals surface area contributed by atoms with Crippen LogP contribution in [0.4, 0.5) is 0 Å². The third-order valence-corrected chi connectivity index (χ3v) is 2.46. The molecule has 0 fully saturated rings. The standard InChI is InChI=1S/C13H22N4O3/c1-3-15-13(16-7-4-8-19-2)17-9-10-5-6-11(20-10)12(14)18/h5-6H,3-4,7-9H2,1-2H3,(H2,14,18)(H2,15,16,17). The first-order chi connectivity index (χ1) is 9.67. The summed E-state index contributed by atoms with van der Waals surface area (Å²) in [4.78, 5) is 15.3. The van der Waals surface area contributed by atoms with Crippen LogP contribution in [-0.2, 0) is 11.3 Å². The van der Waals surface area contributed by atoms with Crippen molar-refractivity contribution in [1.82, 2.24) is 10.6 Å². The Balaban J connectivity index is 2.49. The summed E-state index contributed by atoms with van der Waals surface area (Å²) in [5.74, 6) is 0.853. The average Bonchev–Trinajstić information content (AvgIpc) is 2.90. The quantitative estimate of drug-likeness (QED) is 0.365. The predicted octanol–water partition coefficient (Wildman–Crippen LogP) is 0.470. The zero-order valence-corrected chi connectivity index (χ0v) is 11.9. The molecule has 1 aromatic rings. The van der Waals surface area contributed by atoms with Gasteiger partial charge in [-0.1, -0.05) is 0 Å². The van der Waals surface area contributed by atoms with Crippen LogP contribution in [0.3, 0.4) is 0 Å². The van der Waals surface area contributed by atoms with Gasteiger partial charge in [-0.2, -0.15) is 0 Å². The van der Waals surface area contributed by atoms with E-state index in [1.807, 2.05) is 6.92 Å². The Kier molecular flexibility index (Phi) is 7.20. The highest BCUT2D eigenvalue weighted by molar-refractivity contribution is 5.89. The number of methoxy groups -OCH3 is 1. The van der Waals surface area contributed by atoms with Crippen molar-refractivity contribution in [1.29, 1.82) is 0 Å². The van der Waals surface area contributed by atoms with Crippen LogP contribution < -0.4 is 16.4 Å². The monoisotopic (exact) mass is 282 g/mol. The molecule has 0 radical (unpaired) electrons. The second-order valence-corrected chi connectivity index (χ2v) is 4.10. The largest absolute Gasteiger partial charge is 0.454 e. The Morgan fingerprint density at radius 2 is 2.25 bits per heavy atom. The van der Waals surface area contributed by atoms with Crippen LogP contribution in [0, 0.1) is 0 Å². The fourth-order valence-corrected chi connectivity index (χ4v) is 1.52. The van der Waals surface area contributed by atoms with Crippen LogP contribution in [0.1, 0.15) is 29.7 Å². The lowest BCUT2D eigenvalue weighted by Crippen LogP contribution is -2.38. The molecule has 1 aromatic heterocycles. The van der Waals surface area contributed by atoms with E-state index < -0.39 is 5.91 Å². The maximum absolute atomic E-state index is 10.9. The second kappa shape index (κ2) is 8.98. The van der Waals surface area contributed by atoms with E-state index in [1.165, 1.54) is 0 Å². The normalized spacial score (nSPS) is 11.4. The third kappa shape index (κ3) is 5.75. The number of nitrogens with two attached hydrogens (primary N) is 1. The van der Waals surface area contributed by atoms with Crippen molar-refractivity contribution in [3.63, 3.8) is 0 Å². The van der Waals surface area contributed by atoms with E-state index in [1.54, 1.807) is 19.2 Å². The number of carbonyl (C=O) groups excluding carboxylic acids is 1. The molecule has 0 spiro atoms. The van der Waals surface area contributed by atoms with Gasteiger partial charge in [0.1, 0.15) is 12.3 Å². The maximum atomic E-state index is 10.9. The zero-order valence-electron chi connectivity index (χ0n) is 11.9. The van der Waals surface area contributed by atoms with E-state index in [9.17, 15) is 4.79 Å². The number of hydrogen-bond donors (Lipinski definition) is 3. The molecule has 7 nitrogen and oxygen atoms in total. The number of carbonyl (C=O) groups is 1. The Morgan fingerprint density at radius 3 is 2.85 bits per heavy atom. The van der Waals surface area contributed by atoms with Gasteiger partial charge in [-0.3, -0.25) is 4.79 Å². The van der Waals surface area contributed by atoms with Crippen LogP contribution in [-0.4, -0.2) is 38.7 Å². The molecule has 1 amide bonds. The lowest BCUT2D eigenvalue weighted by Gasteiger charge is -2.10. The summed E-state index contributed by atoms with van der Waals surface area (Å²) in [6, 6.07) is 3.24. The molecule has 1 heterocycles. The number of nitrogens with one attached hydrogen (secondary N) is 2. The molecular formula is C13H22N4O3. The fraction of sp³-hybridized carbons (Fsp3) is 0.538. The van der Waals surface area contributed by atoms with Gasteiger partial charge in [-0.15, -0.1) is 0 Å². The molecule has 4 N–H and O–H groups in total. The zero-order chi connectivity index (χ0) is 14.8. The molecular weight excluding hydrogens is 260 g/mol. The van der Waals surface area contributed by atoms with Crippen molar-refractivity contribution in [2.24, 2.45) is 10.7 Å². The smallest absolute Gasteiger partial charge is 0.284 e. The minimum Gasteiger partial charge on any atom is -0.454 e. The van der Waals surface area contributed by atoms with E-state index in [4.69, 9.17) is 14.9 Å². The minimum atomic E-state index is -0.579. The number of furan rings is 1. The number of guanidine groups is 1. The fourth-order valence-electron chi connectivity index (χ4n) is 1.52. The molecule has 0 aromatic carbocycles. The molecule has 1 rings (SSSR count). The van der Waals surface area contributed by atoms with Gasteiger partial charge in [0.05, 0.1) is 0 Å². The number of primary amides is 1. The molecule has 0 unspecified atom stereocenters. The minimum absolute atomic E-state index is 0.147. The number of nitrogens with zero attached hydrogens (tertiary/aromatic N) is 1. The molecule has 7 heteroatoms. The van der Waals surface area contributed by atoms with Crippen LogP contribution in [0.25, 0.3) is 0 Å². The number of aliphatic imine (C=N–C) groups is 1. The van der Waals surface area contributed by atoms with Crippen molar-refractivity contribution in [3.8, 4) is 0 Å². The average molecular weight is 282 g/mol. The molecule has 0 aliphatic carbocycles. The summed E-state index contributed by atoms with van der Waals surface area (Å²) >= 11 is 0. The lowest BCUT2D eigenvalue weighted by molar-refractivity contribution is 0.0972. The Bertz CT molecular complexity index is 443. The molecule has 0 aliphatic heterocycles. The van der Waals surface area contributed by atoms with Gasteiger partial charge < -0.3 is 25.5 Å². The van der Waals surface area contributed by atoms with Gasteiger partial charge in [0.15, 0.2) is 11.7 Å². The molecule has 0 bridgehead atoms. The van der Waals surface area contributed by atoms with Crippen LogP contribution >= 0.6 is 0 Å². The second-order valence-electron chi connectivity index (χ2n) is 4.10. The van der Waals surface area contributed by atoms with Gasteiger partial charge in [0, 0.05) is 26.8 Å². The summed E-state index contributed by atoms with van der Waals surface area (Å²) in [7, 11) is 1.67. The number of hydrogen-bond acceptors (Lipinski definition) is 4. The highest BCUT2D eigenvalue weighted by atomic mass is 16.5. The summed E-state index contributed by atoms with van der Waals surface area (Å²) < 4.78 is 10.2. The number of rotatable bonds is 8. The highest BCUT2D eigenvalue weighted by Crippen LogP contribution is 2.08. The Labute approximate surface area is 118 Å². The SMILES string of the molecule is CCNC(=NCc1ccc(C(N)=O)o1)NCCCOC. The summed E-state index contributed by atoms with van der Waals surface area (Å²) in [6.07, 6.45) is 0.896. The van der Waals surface area contributed by atoms with E-state index in [0.29, 0.717) is 24.9 Å². The highest BCUT2D eigenvalue weighted by Gasteiger charge is 2.06. The van der Waals surface area contributed by atoms with E-state index in [2.05, 4.69) is 15.6 Å². The van der Waals surface area contributed by atoms with Crippen molar-refractivity contribution in [2.75, 3.05) is 26.8 Å². The summed E-state index contributed by atoms with van der Waals surface area (Å²) in [6.45, 7) is 4.56. The van der Waals surface area contributed by atoms with Crippen molar-refractivity contribution in [3.05, 3.63) is 23.7 Å². The first-order valence-electron chi connectivity index (χ1n) is 6.57. The van der Waals surface area contributed by atoms with Gasteiger partial charge in [-0.25, -0.2) is 4.99 Å². The van der Waals surface area contributed by atoms with Crippen molar-refractivity contribution >= 4 is 11.9 Å². The van der Waals surface area contributed by atoms with Crippen LogP contribution in [0.2, 0.25) is 0 Å². The first-order valence-corrected chi connectivity index (χ1v) is 6.57. The number of ether oxygens (including phenoxy) is 1. The predicted molar refractivity (Wildman–Crippen MR) is 76.5 cm³/mol. The van der Waals surface area contributed by atoms with E-state index >= 15 is 0 Å². The van der Waals surface area contributed by atoms with Crippen molar-refractivity contribution < 1.29 is 13.9 Å². The van der Waals surface area contributed by atoms with Crippen molar-refractivity contribution in [2.45, 2.75) is 19.9 Å². The Hall–Kier alpha value is -2.02. The summed E-state index contributed by atoms with van der Waals surface area (Å²) in [5.41, 5.74) is 5.12. The van der Waals surface area contributed by atoms with Crippen LogP contribution in [0.5, 0.6) is 0 Å². The topological polar surface area (TPSA) is 102 Å². The van der Waals surface area contributed by atoms with Gasteiger partial charge >= 0.3 is 0 Å². The van der Waals surface area contributed by atoms with Gasteiger partial charge in [0.25, 0.3) is 5.91 Å². The van der Waals surface area contributed by atoms with Gasteiger partial charge in [0.2, 0.25) is 0 Å². The molecule has 20 heavy (non-hydrogen) atoms. The van der Waals surface area contributed by atoms with E-state index in [0.717, 1.165) is 19.5 Å². The lowest BCUT2D eigenvalue weighted by atomic mass is 10.4. The first kappa shape index (κ1) is 16.0. The van der Waals surface area contributed by atoms with Crippen LogP contribution in [0.15, 0.2) is 21.5 Å². The van der Waals surface area contributed by atoms with Gasteiger partial charge in [-0.05, 0) is 25.5 Å². The maximum Gasteiger partial charge on any atom is 0.284 e. The molecule has 0 atom stereocenters.